The van der Waals surface area contributed by atoms with Crippen molar-refractivity contribution in [2.45, 2.75) is 25.8 Å². The molecule has 29 heavy (non-hydrogen) atoms. The number of benzene rings is 2. The minimum atomic E-state index is -0.0837. The third kappa shape index (κ3) is 5.10. The first-order chi connectivity index (χ1) is 14.2. The van der Waals surface area contributed by atoms with Crippen molar-refractivity contribution in [2.75, 3.05) is 25.0 Å². The van der Waals surface area contributed by atoms with Crippen LogP contribution in [0.1, 0.15) is 24.4 Å². The molecule has 2 aromatic carbocycles. The van der Waals surface area contributed by atoms with Gasteiger partial charge >= 0.3 is 0 Å². The lowest BCUT2D eigenvalue weighted by atomic mass is 10.2. The Bertz CT molecular complexity index is 965. The first-order valence-electron chi connectivity index (χ1n) is 9.77. The molecule has 0 spiro atoms. The van der Waals surface area contributed by atoms with Crippen molar-refractivity contribution in [3.05, 3.63) is 54.1 Å². The summed E-state index contributed by atoms with van der Waals surface area (Å²) in [5.74, 6) is 1.51. The zero-order chi connectivity index (χ0) is 20.1. The molecule has 8 heteroatoms. The number of hydrogen-bond acceptors (Lipinski definition) is 6. The van der Waals surface area contributed by atoms with E-state index in [-0.39, 0.29) is 12.5 Å². The zero-order valence-electron chi connectivity index (χ0n) is 16.3. The maximum absolute atomic E-state index is 12.0. The van der Waals surface area contributed by atoms with E-state index in [1.165, 1.54) is 0 Å². The number of hydrogen-bond donors (Lipinski definition) is 2. The number of nitrogens with one attached hydrogen (secondary N) is 2. The summed E-state index contributed by atoms with van der Waals surface area (Å²) in [5.41, 5.74) is 2.97. The maximum Gasteiger partial charge on any atom is 0.239 e. The van der Waals surface area contributed by atoms with E-state index in [4.69, 9.17) is 4.74 Å². The van der Waals surface area contributed by atoms with E-state index in [0.717, 1.165) is 41.2 Å². The molecule has 1 fully saturated rings. The Morgan fingerprint density at radius 3 is 2.79 bits per heavy atom. The maximum atomic E-state index is 12.0. The molecule has 1 amide bonds. The summed E-state index contributed by atoms with van der Waals surface area (Å²) in [6, 6.07) is 16.0. The second kappa shape index (κ2) is 8.72. The average molecular weight is 392 g/mol. The largest absolute Gasteiger partial charge is 0.492 e. The first kappa shape index (κ1) is 18.9. The van der Waals surface area contributed by atoms with Gasteiger partial charge in [0.25, 0.3) is 0 Å². The molecule has 1 heterocycles. The van der Waals surface area contributed by atoms with Crippen molar-refractivity contribution < 1.29 is 9.53 Å². The number of rotatable bonds is 9. The quantitative estimate of drug-likeness (QED) is 0.544. The summed E-state index contributed by atoms with van der Waals surface area (Å²) in [7, 11) is 0. The molecule has 0 bridgehead atoms. The van der Waals surface area contributed by atoms with Crippen LogP contribution in [0.5, 0.6) is 5.75 Å². The molecule has 4 rings (SSSR count). The number of amides is 1. The minimum Gasteiger partial charge on any atom is -0.492 e. The Hall–Kier alpha value is -3.42. The number of ether oxygens (including phenoxy) is 1. The van der Waals surface area contributed by atoms with Crippen LogP contribution in [-0.4, -0.2) is 45.8 Å². The van der Waals surface area contributed by atoms with Gasteiger partial charge in [0.2, 0.25) is 5.91 Å². The highest BCUT2D eigenvalue weighted by molar-refractivity contribution is 5.80. The van der Waals surface area contributed by atoms with Crippen LogP contribution in [0, 0.1) is 6.92 Å². The molecular weight excluding hydrogens is 368 g/mol. The van der Waals surface area contributed by atoms with Crippen molar-refractivity contribution in [3.63, 3.8) is 0 Å². The highest BCUT2D eigenvalue weighted by Gasteiger charge is 2.28. The zero-order valence-corrected chi connectivity index (χ0v) is 16.3. The SMILES string of the molecule is Cc1cccc(OCCNC(=O)CNc2ccc(-c3nnnn3C3CC3)cc2)c1. The van der Waals surface area contributed by atoms with E-state index in [1.54, 1.807) is 0 Å². The molecule has 3 aromatic rings. The van der Waals surface area contributed by atoms with Crippen molar-refractivity contribution in [2.24, 2.45) is 0 Å². The van der Waals surface area contributed by atoms with E-state index in [1.807, 2.05) is 60.1 Å². The predicted molar refractivity (Wildman–Crippen MR) is 110 cm³/mol. The molecule has 0 aliphatic heterocycles. The van der Waals surface area contributed by atoms with E-state index in [2.05, 4.69) is 26.2 Å². The Labute approximate surface area is 169 Å². The van der Waals surface area contributed by atoms with Gasteiger partial charge in [-0.15, -0.1) is 5.10 Å². The number of aromatic nitrogens is 4. The van der Waals surface area contributed by atoms with E-state index in [0.29, 0.717) is 19.2 Å². The molecular formula is C21H24N6O2. The third-order valence-electron chi connectivity index (χ3n) is 4.66. The number of carbonyl (C=O) groups is 1. The standard InChI is InChI=1S/C21H24N6O2/c1-15-3-2-4-19(13-15)29-12-11-22-20(28)14-23-17-7-5-16(6-8-17)21-24-25-26-27(21)18-9-10-18/h2-8,13,18,23H,9-12,14H2,1H3,(H,22,28). The number of anilines is 1. The molecule has 2 N–H and O–H groups in total. The van der Waals surface area contributed by atoms with Crippen LogP contribution < -0.4 is 15.4 Å². The minimum absolute atomic E-state index is 0.0837. The normalized spacial score (nSPS) is 13.1. The van der Waals surface area contributed by atoms with E-state index < -0.39 is 0 Å². The van der Waals surface area contributed by atoms with Crippen molar-refractivity contribution >= 4 is 11.6 Å². The lowest BCUT2D eigenvalue weighted by Crippen LogP contribution is -2.33. The summed E-state index contributed by atoms with van der Waals surface area (Å²) in [4.78, 5) is 12.0. The molecule has 0 unspecified atom stereocenters. The monoisotopic (exact) mass is 392 g/mol. The number of tetrazole rings is 1. The van der Waals surface area contributed by atoms with Crippen LogP contribution in [-0.2, 0) is 4.79 Å². The summed E-state index contributed by atoms with van der Waals surface area (Å²) >= 11 is 0. The smallest absolute Gasteiger partial charge is 0.239 e. The molecule has 1 saturated carbocycles. The number of nitrogens with zero attached hydrogens (tertiary/aromatic N) is 4. The van der Waals surface area contributed by atoms with Crippen molar-refractivity contribution in [1.82, 2.24) is 25.5 Å². The molecule has 150 valence electrons. The van der Waals surface area contributed by atoms with Crippen LogP contribution in [0.25, 0.3) is 11.4 Å². The van der Waals surface area contributed by atoms with Gasteiger partial charge in [0.05, 0.1) is 19.1 Å². The van der Waals surface area contributed by atoms with E-state index in [9.17, 15) is 4.79 Å². The summed E-state index contributed by atoms with van der Waals surface area (Å²) in [6.07, 6.45) is 2.26. The second-order valence-corrected chi connectivity index (χ2v) is 7.12. The van der Waals surface area contributed by atoms with Gasteiger partial charge in [-0.2, -0.15) is 0 Å². The second-order valence-electron chi connectivity index (χ2n) is 7.12. The molecule has 0 saturated heterocycles. The topological polar surface area (TPSA) is 94.0 Å². The van der Waals surface area contributed by atoms with Gasteiger partial charge in [0.1, 0.15) is 12.4 Å². The predicted octanol–water partition coefficient (Wildman–Crippen LogP) is 2.59. The summed E-state index contributed by atoms with van der Waals surface area (Å²) in [6.45, 7) is 3.10. The number of carbonyl (C=O) groups excluding carboxylic acids is 1. The van der Waals surface area contributed by atoms with Crippen molar-refractivity contribution in [3.8, 4) is 17.1 Å². The Morgan fingerprint density at radius 2 is 2.03 bits per heavy atom. The molecule has 1 aromatic heterocycles. The van der Waals surface area contributed by atoms with Crippen LogP contribution in [0.2, 0.25) is 0 Å². The van der Waals surface area contributed by atoms with Gasteiger partial charge in [0.15, 0.2) is 5.82 Å². The molecule has 8 nitrogen and oxygen atoms in total. The Balaban J connectivity index is 1.20. The Morgan fingerprint density at radius 1 is 1.21 bits per heavy atom. The highest BCUT2D eigenvalue weighted by atomic mass is 16.5. The fraction of sp³-hybridized carbons (Fsp3) is 0.333. The van der Waals surface area contributed by atoms with Crippen molar-refractivity contribution in [1.29, 1.82) is 0 Å². The van der Waals surface area contributed by atoms with Crippen LogP contribution >= 0.6 is 0 Å². The van der Waals surface area contributed by atoms with E-state index >= 15 is 0 Å². The molecule has 0 atom stereocenters. The molecule has 1 aliphatic rings. The van der Waals surface area contributed by atoms with Crippen LogP contribution in [0.3, 0.4) is 0 Å². The van der Waals surface area contributed by atoms with Gasteiger partial charge in [-0.1, -0.05) is 12.1 Å². The fourth-order valence-corrected chi connectivity index (χ4v) is 3.00. The lowest BCUT2D eigenvalue weighted by molar-refractivity contribution is -0.119. The molecule has 1 aliphatic carbocycles. The Kier molecular flexibility index (Phi) is 5.69. The first-order valence-corrected chi connectivity index (χ1v) is 9.77. The number of aryl methyl sites for hydroxylation is 1. The molecule has 0 radical (unpaired) electrons. The summed E-state index contributed by atoms with van der Waals surface area (Å²) in [5, 5.41) is 17.9. The van der Waals surface area contributed by atoms with Gasteiger partial charge in [0, 0.05) is 11.3 Å². The lowest BCUT2D eigenvalue weighted by Gasteiger charge is -2.10. The van der Waals surface area contributed by atoms with Crippen LogP contribution in [0.4, 0.5) is 5.69 Å². The van der Waals surface area contributed by atoms with Gasteiger partial charge in [-0.3, -0.25) is 4.79 Å². The van der Waals surface area contributed by atoms with Gasteiger partial charge in [-0.05, 0) is 72.2 Å². The highest BCUT2D eigenvalue weighted by Crippen LogP contribution is 2.36. The van der Waals surface area contributed by atoms with Gasteiger partial charge < -0.3 is 15.4 Å². The fourth-order valence-electron chi connectivity index (χ4n) is 3.00. The van der Waals surface area contributed by atoms with Gasteiger partial charge in [-0.25, -0.2) is 4.68 Å². The van der Waals surface area contributed by atoms with Crippen LogP contribution in [0.15, 0.2) is 48.5 Å². The average Bonchev–Trinajstić information content (AvgIpc) is 3.46. The third-order valence-corrected chi connectivity index (χ3v) is 4.66. The summed E-state index contributed by atoms with van der Waals surface area (Å²) < 4.78 is 7.51.